The molecule has 70 valence electrons. The van der Waals surface area contributed by atoms with Gasteiger partial charge in [-0.3, -0.25) is 4.98 Å². The summed E-state index contributed by atoms with van der Waals surface area (Å²) in [5.41, 5.74) is 0.282. The van der Waals surface area contributed by atoms with Crippen LogP contribution in [0.15, 0.2) is 30.6 Å². The summed E-state index contributed by atoms with van der Waals surface area (Å²) < 4.78 is 25.5. The highest BCUT2D eigenvalue weighted by molar-refractivity contribution is 5.52. The Bertz CT molecular complexity index is 445. The van der Waals surface area contributed by atoms with Crippen molar-refractivity contribution in [1.82, 2.24) is 15.0 Å². The van der Waals surface area contributed by atoms with Crippen LogP contribution in [0.25, 0.3) is 11.4 Å². The summed E-state index contributed by atoms with van der Waals surface area (Å²) in [6, 6.07) is 4.95. The van der Waals surface area contributed by atoms with Gasteiger partial charge in [0.2, 0.25) is 11.9 Å². The molecular formula is C9H5F2N3. The first-order valence-electron chi connectivity index (χ1n) is 3.87. The lowest BCUT2D eigenvalue weighted by Gasteiger charge is -1.99. The summed E-state index contributed by atoms with van der Waals surface area (Å²) in [5, 5.41) is 0. The van der Waals surface area contributed by atoms with Crippen molar-refractivity contribution in [2.24, 2.45) is 0 Å². The predicted molar refractivity (Wildman–Crippen MR) is 45.2 cm³/mol. The molecule has 0 aliphatic carbocycles. The minimum Gasteiger partial charge on any atom is -0.254 e. The number of pyridine rings is 1. The average Bonchev–Trinajstić information content (AvgIpc) is 2.19. The van der Waals surface area contributed by atoms with Crippen molar-refractivity contribution >= 4 is 0 Å². The molecule has 0 atom stereocenters. The Balaban J connectivity index is 2.53. The van der Waals surface area contributed by atoms with Gasteiger partial charge in [-0.25, -0.2) is 4.98 Å². The molecular weight excluding hydrogens is 188 g/mol. The number of aromatic nitrogens is 3. The second-order valence-corrected chi connectivity index (χ2v) is 2.55. The third-order valence-electron chi connectivity index (χ3n) is 1.61. The molecule has 0 fully saturated rings. The van der Waals surface area contributed by atoms with Crippen LogP contribution in [0.3, 0.4) is 0 Å². The summed E-state index contributed by atoms with van der Waals surface area (Å²) in [4.78, 5) is 10.5. The molecule has 0 saturated carbocycles. The first kappa shape index (κ1) is 8.68. The molecule has 0 spiro atoms. The van der Waals surface area contributed by atoms with E-state index in [-0.39, 0.29) is 5.69 Å². The molecule has 0 saturated heterocycles. The molecule has 0 aliphatic heterocycles. The van der Waals surface area contributed by atoms with E-state index in [0.717, 1.165) is 6.20 Å². The fourth-order valence-corrected chi connectivity index (χ4v) is 1.02. The van der Waals surface area contributed by atoms with E-state index in [1.54, 1.807) is 18.2 Å². The molecule has 0 aromatic carbocycles. The molecule has 5 heteroatoms. The van der Waals surface area contributed by atoms with Crippen molar-refractivity contribution in [1.29, 1.82) is 0 Å². The average molecular weight is 193 g/mol. The maximum absolute atomic E-state index is 13.1. The van der Waals surface area contributed by atoms with Crippen LogP contribution >= 0.6 is 0 Å². The Morgan fingerprint density at radius 3 is 2.57 bits per heavy atom. The summed E-state index contributed by atoms with van der Waals surface area (Å²) in [6.45, 7) is 0. The first-order valence-corrected chi connectivity index (χ1v) is 3.87. The first-order chi connectivity index (χ1) is 6.77. The smallest absolute Gasteiger partial charge is 0.243 e. The monoisotopic (exact) mass is 193 g/mol. The number of hydrogen-bond acceptors (Lipinski definition) is 3. The third kappa shape index (κ3) is 1.56. The highest BCUT2D eigenvalue weighted by atomic mass is 19.1. The third-order valence-corrected chi connectivity index (χ3v) is 1.61. The quantitative estimate of drug-likeness (QED) is 0.693. The highest BCUT2D eigenvalue weighted by Gasteiger charge is 2.09. The zero-order valence-electron chi connectivity index (χ0n) is 6.98. The fraction of sp³-hybridized carbons (Fsp3) is 0. The van der Waals surface area contributed by atoms with Gasteiger partial charge in [0, 0.05) is 6.20 Å². The number of rotatable bonds is 1. The van der Waals surface area contributed by atoms with Gasteiger partial charge in [0.05, 0.1) is 11.9 Å². The normalized spacial score (nSPS) is 10.1. The molecule has 0 aliphatic rings. The van der Waals surface area contributed by atoms with Crippen LogP contribution in [0.1, 0.15) is 0 Å². The number of halogens is 2. The minimum absolute atomic E-state index is 0.0491. The van der Waals surface area contributed by atoms with E-state index in [1.807, 2.05) is 0 Å². The Hall–Kier alpha value is -1.91. The van der Waals surface area contributed by atoms with Crippen molar-refractivity contribution in [3.05, 3.63) is 42.5 Å². The van der Waals surface area contributed by atoms with Crippen LogP contribution in [-0.2, 0) is 0 Å². The van der Waals surface area contributed by atoms with Crippen molar-refractivity contribution < 1.29 is 8.78 Å². The van der Waals surface area contributed by atoms with Gasteiger partial charge in [0.1, 0.15) is 5.69 Å². The van der Waals surface area contributed by atoms with Crippen LogP contribution in [0.2, 0.25) is 0 Å². The van der Waals surface area contributed by atoms with Gasteiger partial charge in [-0.05, 0) is 12.1 Å². The molecule has 0 N–H and O–H groups in total. The molecule has 0 amide bonds. The maximum atomic E-state index is 13.1. The zero-order valence-corrected chi connectivity index (χ0v) is 6.98. The van der Waals surface area contributed by atoms with Crippen molar-refractivity contribution in [3.63, 3.8) is 0 Å². The van der Waals surface area contributed by atoms with Gasteiger partial charge < -0.3 is 0 Å². The Labute approximate surface area is 78.5 Å². The molecule has 0 radical (unpaired) electrons. The van der Waals surface area contributed by atoms with Crippen molar-refractivity contribution in [3.8, 4) is 11.4 Å². The van der Waals surface area contributed by atoms with Crippen LogP contribution in [-0.4, -0.2) is 15.0 Å². The van der Waals surface area contributed by atoms with Crippen LogP contribution in [0.4, 0.5) is 8.78 Å². The van der Waals surface area contributed by atoms with Gasteiger partial charge in [-0.15, -0.1) is 0 Å². The second-order valence-electron chi connectivity index (χ2n) is 2.55. The SMILES string of the molecule is Fc1cnc(-c2ccccn2)c(F)n1. The van der Waals surface area contributed by atoms with E-state index in [9.17, 15) is 8.78 Å². The molecule has 2 rings (SSSR count). The molecule has 14 heavy (non-hydrogen) atoms. The standard InChI is InChI=1S/C9H5F2N3/c10-7-5-13-8(9(11)14-7)6-3-1-2-4-12-6/h1-5H. The lowest BCUT2D eigenvalue weighted by atomic mass is 10.3. The Kier molecular flexibility index (Phi) is 2.14. The van der Waals surface area contributed by atoms with E-state index >= 15 is 0 Å². The van der Waals surface area contributed by atoms with Gasteiger partial charge in [0.15, 0.2) is 0 Å². The van der Waals surface area contributed by atoms with Gasteiger partial charge >= 0.3 is 0 Å². The van der Waals surface area contributed by atoms with E-state index in [1.165, 1.54) is 6.20 Å². The fourth-order valence-electron chi connectivity index (χ4n) is 1.02. The van der Waals surface area contributed by atoms with Crippen LogP contribution in [0.5, 0.6) is 0 Å². The van der Waals surface area contributed by atoms with E-state index in [2.05, 4.69) is 15.0 Å². The molecule has 3 nitrogen and oxygen atoms in total. The van der Waals surface area contributed by atoms with E-state index in [0.29, 0.717) is 5.69 Å². The highest BCUT2D eigenvalue weighted by Crippen LogP contribution is 2.15. The Morgan fingerprint density at radius 1 is 1.07 bits per heavy atom. The number of nitrogens with zero attached hydrogens (tertiary/aromatic N) is 3. The summed E-state index contributed by atoms with van der Waals surface area (Å²) in [5.74, 6) is -1.90. The maximum Gasteiger partial charge on any atom is 0.243 e. The summed E-state index contributed by atoms with van der Waals surface area (Å²) in [7, 11) is 0. The van der Waals surface area contributed by atoms with Crippen molar-refractivity contribution in [2.75, 3.05) is 0 Å². The van der Waals surface area contributed by atoms with Gasteiger partial charge in [0.25, 0.3) is 0 Å². The topological polar surface area (TPSA) is 38.7 Å². The zero-order chi connectivity index (χ0) is 9.97. The Morgan fingerprint density at radius 2 is 1.93 bits per heavy atom. The molecule has 0 unspecified atom stereocenters. The van der Waals surface area contributed by atoms with Gasteiger partial charge in [-0.1, -0.05) is 6.07 Å². The lowest BCUT2D eigenvalue weighted by Crippen LogP contribution is -1.97. The molecule has 2 aromatic rings. The van der Waals surface area contributed by atoms with Crippen LogP contribution in [0, 0.1) is 11.9 Å². The number of hydrogen-bond donors (Lipinski definition) is 0. The summed E-state index contributed by atoms with van der Waals surface area (Å²) >= 11 is 0. The predicted octanol–water partition coefficient (Wildman–Crippen LogP) is 1.82. The molecule has 2 aromatic heterocycles. The largest absolute Gasteiger partial charge is 0.254 e. The lowest BCUT2D eigenvalue weighted by molar-refractivity contribution is 0.506. The van der Waals surface area contributed by atoms with Crippen LogP contribution < -0.4 is 0 Å². The van der Waals surface area contributed by atoms with E-state index in [4.69, 9.17) is 0 Å². The summed E-state index contributed by atoms with van der Waals surface area (Å²) in [6.07, 6.45) is 2.35. The molecule has 2 heterocycles. The van der Waals surface area contributed by atoms with E-state index < -0.39 is 11.9 Å². The minimum atomic E-state index is -0.955. The molecule has 0 bridgehead atoms. The van der Waals surface area contributed by atoms with Gasteiger partial charge in [-0.2, -0.15) is 13.8 Å². The second kappa shape index (κ2) is 3.45. The van der Waals surface area contributed by atoms with Crippen molar-refractivity contribution in [2.45, 2.75) is 0 Å².